The van der Waals surface area contributed by atoms with Crippen LogP contribution >= 0.6 is 9.24 Å². The largest absolute Gasteiger partial charge is 0.490 e. The van der Waals surface area contributed by atoms with E-state index in [1.54, 1.807) is 0 Å². The smallest absolute Gasteiger partial charge is 0.120 e. The van der Waals surface area contributed by atoms with E-state index in [-0.39, 0.29) is 0 Å². The van der Waals surface area contributed by atoms with Crippen molar-refractivity contribution in [2.24, 2.45) is 11.3 Å². The lowest BCUT2D eigenvalue weighted by Crippen LogP contribution is -2.30. The molecule has 0 radical (unpaired) electrons. The molecular formula is C20H28NOP. The monoisotopic (exact) mass is 329 g/mol. The van der Waals surface area contributed by atoms with Gasteiger partial charge in [0.15, 0.2) is 0 Å². The average Bonchev–Trinajstić information content (AvgIpc) is 2.54. The summed E-state index contributed by atoms with van der Waals surface area (Å²) >= 11 is 0. The fourth-order valence-corrected chi connectivity index (χ4v) is 3.81. The Morgan fingerprint density at radius 1 is 1.09 bits per heavy atom. The van der Waals surface area contributed by atoms with E-state index in [9.17, 15) is 0 Å². The Labute approximate surface area is 142 Å². The van der Waals surface area contributed by atoms with Gasteiger partial charge in [0, 0.05) is 23.4 Å². The molecule has 2 aromatic rings. The number of aromatic nitrogens is 1. The minimum Gasteiger partial charge on any atom is -0.490 e. The number of pyridine rings is 1. The molecule has 1 aromatic heterocycles. The van der Waals surface area contributed by atoms with E-state index in [0.717, 1.165) is 28.9 Å². The van der Waals surface area contributed by atoms with Gasteiger partial charge in [-0.1, -0.05) is 26.8 Å². The molecule has 1 aromatic carbocycles. The molecule has 0 amide bonds. The standard InChI is InChI=1S/C20H28NOP/c1-20(2,3)16-5-8-18(9-6-16)22-19-7-4-14-10-17(13-23)21-12-15(14)11-19/h4,7,10-12,16,18H,5-6,8-9,13,23H2,1-3H3/t16-,18-. The maximum Gasteiger partial charge on any atom is 0.120 e. The van der Waals surface area contributed by atoms with Crippen molar-refractivity contribution in [1.82, 2.24) is 4.98 Å². The number of ether oxygens (including phenoxy) is 1. The maximum absolute atomic E-state index is 6.25. The molecule has 124 valence electrons. The first kappa shape index (κ1) is 16.7. The van der Waals surface area contributed by atoms with Gasteiger partial charge in [-0.2, -0.15) is 0 Å². The van der Waals surface area contributed by atoms with Crippen LogP contribution in [0.1, 0.15) is 52.1 Å². The van der Waals surface area contributed by atoms with E-state index >= 15 is 0 Å². The van der Waals surface area contributed by atoms with Crippen LogP contribution in [0.25, 0.3) is 10.8 Å². The Morgan fingerprint density at radius 3 is 2.48 bits per heavy atom. The molecule has 3 heteroatoms. The molecule has 0 bridgehead atoms. The van der Waals surface area contributed by atoms with Crippen molar-refractivity contribution in [3.63, 3.8) is 0 Å². The van der Waals surface area contributed by atoms with E-state index in [4.69, 9.17) is 4.74 Å². The third-order valence-electron chi connectivity index (χ3n) is 5.16. The van der Waals surface area contributed by atoms with Crippen molar-refractivity contribution in [3.05, 3.63) is 36.2 Å². The number of fused-ring (bicyclic) bond motifs is 1. The van der Waals surface area contributed by atoms with Crippen molar-refractivity contribution in [3.8, 4) is 5.75 Å². The number of benzene rings is 1. The predicted molar refractivity (Wildman–Crippen MR) is 101 cm³/mol. The first-order chi connectivity index (χ1) is 11.0. The topological polar surface area (TPSA) is 22.1 Å². The molecular weight excluding hydrogens is 301 g/mol. The van der Waals surface area contributed by atoms with E-state index in [2.05, 4.69) is 59.3 Å². The second-order valence-corrected chi connectivity index (χ2v) is 8.25. The van der Waals surface area contributed by atoms with Gasteiger partial charge in [0.05, 0.1) is 6.10 Å². The summed E-state index contributed by atoms with van der Waals surface area (Å²) in [6.45, 7) is 7.08. The quantitative estimate of drug-likeness (QED) is 0.684. The van der Waals surface area contributed by atoms with Gasteiger partial charge >= 0.3 is 0 Å². The van der Waals surface area contributed by atoms with Crippen molar-refractivity contribution in [2.75, 3.05) is 0 Å². The normalized spacial score (nSPS) is 22.3. The second kappa shape index (κ2) is 6.77. The Morgan fingerprint density at radius 2 is 1.83 bits per heavy atom. The minimum absolute atomic E-state index is 0.366. The van der Waals surface area contributed by atoms with Gasteiger partial charge in [0.1, 0.15) is 5.75 Å². The molecule has 0 spiro atoms. The van der Waals surface area contributed by atoms with Crippen molar-refractivity contribution < 1.29 is 4.74 Å². The van der Waals surface area contributed by atoms with Gasteiger partial charge in [-0.15, -0.1) is 9.24 Å². The van der Waals surface area contributed by atoms with E-state index in [0.29, 0.717) is 11.5 Å². The lowest BCUT2D eigenvalue weighted by Gasteiger charge is -2.36. The molecule has 0 aliphatic heterocycles. The highest BCUT2D eigenvalue weighted by Crippen LogP contribution is 2.38. The molecule has 2 nitrogen and oxygen atoms in total. The average molecular weight is 329 g/mol. The van der Waals surface area contributed by atoms with Crippen LogP contribution < -0.4 is 4.74 Å². The molecule has 0 N–H and O–H groups in total. The summed E-state index contributed by atoms with van der Waals surface area (Å²) in [6, 6.07) is 8.53. The van der Waals surface area contributed by atoms with E-state index < -0.39 is 0 Å². The van der Waals surface area contributed by atoms with Crippen LogP contribution in [0.4, 0.5) is 0 Å². The Kier molecular flexibility index (Phi) is 4.92. The van der Waals surface area contributed by atoms with E-state index in [1.165, 1.54) is 31.1 Å². The van der Waals surface area contributed by atoms with Crippen molar-refractivity contribution in [2.45, 2.75) is 58.7 Å². The SMILES string of the molecule is CC(C)(C)[C@H]1CC[C@H](Oc2ccc3cc(CP)ncc3c2)CC1. The van der Waals surface area contributed by atoms with Crippen LogP contribution in [0.15, 0.2) is 30.5 Å². The van der Waals surface area contributed by atoms with Crippen LogP contribution in [0, 0.1) is 11.3 Å². The number of nitrogens with zero attached hydrogens (tertiary/aromatic N) is 1. The molecule has 1 atom stereocenters. The van der Waals surface area contributed by atoms with Crippen LogP contribution in [0.5, 0.6) is 5.75 Å². The summed E-state index contributed by atoms with van der Waals surface area (Å²) in [7, 11) is 2.72. The summed E-state index contributed by atoms with van der Waals surface area (Å²) in [5.41, 5.74) is 1.53. The van der Waals surface area contributed by atoms with E-state index in [1.807, 2.05) is 6.20 Å². The number of hydrogen-bond acceptors (Lipinski definition) is 2. The van der Waals surface area contributed by atoms with Crippen molar-refractivity contribution >= 4 is 20.0 Å². The highest BCUT2D eigenvalue weighted by Gasteiger charge is 2.30. The number of rotatable bonds is 3. The van der Waals surface area contributed by atoms with Gasteiger partial charge < -0.3 is 4.74 Å². The van der Waals surface area contributed by atoms with Gasteiger partial charge in [-0.25, -0.2) is 0 Å². The van der Waals surface area contributed by atoms with Crippen LogP contribution in [0.2, 0.25) is 0 Å². The van der Waals surface area contributed by atoms with Crippen molar-refractivity contribution in [1.29, 1.82) is 0 Å². The zero-order valence-corrected chi connectivity index (χ0v) is 15.7. The third-order valence-corrected chi connectivity index (χ3v) is 5.58. The maximum atomic E-state index is 6.25. The van der Waals surface area contributed by atoms with Gasteiger partial charge in [0.25, 0.3) is 0 Å². The summed E-state index contributed by atoms with van der Waals surface area (Å²) in [6.07, 6.45) is 8.12. The fraction of sp³-hybridized carbons (Fsp3) is 0.550. The molecule has 23 heavy (non-hydrogen) atoms. The van der Waals surface area contributed by atoms with Crippen LogP contribution in [0.3, 0.4) is 0 Å². The van der Waals surface area contributed by atoms with Gasteiger partial charge in [-0.3, -0.25) is 4.98 Å². The van der Waals surface area contributed by atoms with Gasteiger partial charge in [-0.05, 0) is 60.6 Å². The fourth-order valence-electron chi connectivity index (χ4n) is 3.59. The van der Waals surface area contributed by atoms with Gasteiger partial charge in [0.2, 0.25) is 0 Å². The number of hydrogen-bond donors (Lipinski definition) is 0. The van der Waals surface area contributed by atoms with Crippen LogP contribution in [-0.4, -0.2) is 11.1 Å². The Bertz CT molecular complexity index is 669. The third kappa shape index (κ3) is 4.04. The molecule has 3 rings (SSSR count). The molecule has 1 aliphatic carbocycles. The predicted octanol–water partition coefficient (Wildman–Crippen LogP) is 5.59. The molecule has 1 saturated carbocycles. The zero-order valence-electron chi connectivity index (χ0n) is 14.5. The summed E-state index contributed by atoms with van der Waals surface area (Å²) in [4.78, 5) is 4.47. The first-order valence-electron chi connectivity index (χ1n) is 8.71. The Balaban J connectivity index is 1.66. The zero-order chi connectivity index (χ0) is 16.4. The summed E-state index contributed by atoms with van der Waals surface area (Å²) < 4.78 is 6.25. The highest BCUT2D eigenvalue weighted by molar-refractivity contribution is 7.15. The first-order valence-corrected chi connectivity index (χ1v) is 9.53. The second-order valence-electron chi connectivity index (χ2n) is 7.85. The molecule has 1 unspecified atom stereocenters. The molecule has 1 fully saturated rings. The van der Waals surface area contributed by atoms with Crippen LogP contribution in [-0.2, 0) is 6.16 Å². The minimum atomic E-state index is 0.366. The lowest BCUT2D eigenvalue weighted by atomic mass is 9.72. The molecule has 0 saturated heterocycles. The summed E-state index contributed by atoms with van der Waals surface area (Å²) in [5, 5.41) is 2.40. The Hall–Kier alpha value is -1.14. The highest BCUT2D eigenvalue weighted by atomic mass is 31.0. The molecule has 1 heterocycles. The lowest BCUT2D eigenvalue weighted by molar-refractivity contribution is 0.0883. The molecule has 1 aliphatic rings. The summed E-state index contributed by atoms with van der Waals surface area (Å²) in [5.74, 6) is 1.81.